The largest absolute Gasteiger partial charge is 0.507 e. The summed E-state index contributed by atoms with van der Waals surface area (Å²) in [7, 11) is -3.68. The summed E-state index contributed by atoms with van der Waals surface area (Å²) in [5.74, 6) is -0.108. The van der Waals surface area contributed by atoms with Gasteiger partial charge in [0.2, 0.25) is 15.7 Å². The van der Waals surface area contributed by atoms with Gasteiger partial charge in [0.25, 0.3) is 0 Å². The molecule has 0 bridgehead atoms. The number of aromatic hydroxyl groups is 1. The topological polar surface area (TPSA) is 95.8 Å². The number of anilines is 1. The van der Waals surface area contributed by atoms with E-state index in [0.29, 0.717) is 16.9 Å². The van der Waals surface area contributed by atoms with Gasteiger partial charge in [0.05, 0.1) is 15.5 Å². The molecule has 0 heterocycles. The number of nitrogens with zero attached hydrogens (tertiary/aromatic N) is 1. The third-order valence-electron chi connectivity index (χ3n) is 3.92. The first kappa shape index (κ1) is 19.3. The first-order valence-electron chi connectivity index (χ1n) is 8.41. The molecular formula is C21H18N2O4S. The van der Waals surface area contributed by atoms with Gasteiger partial charge in [-0.15, -0.1) is 0 Å². The van der Waals surface area contributed by atoms with Gasteiger partial charge in [0.15, 0.2) is 0 Å². The Labute approximate surface area is 163 Å². The fourth-order valence-corrected chi connectivity index (χ4v) is 3.77. The van der Waals surface area contributed by atoms with E-state index in [9.17, 15) is 18.3 Å². The number of benzene rings is 3. The number of sulfone groups is 1. The van der Waals surface area contributed by atoms with Crippen LogP contribution in [0.25, 0.3) is 0 Å². The van der Waals surface area contributed by atoms with Gasteiger partial charge in [-0.25, -0.2) is 8.42 Å². The zero-order valence-corrected chi connectivity index (χ0v) is 15.8. The molecule has 2 N–H and O–H groups in total. The van der Waals surface area contributed by atoms with Gasteiger partial charge in [-0.1, -0.05) is 12.1 Å². The lowest BCUT2D eigenvalue weighted by Gasteiger charge is -2.07. The summed E-state index contributed by atoms with van der Waals surface area (Å²) < 4.78 is 25.5. The summed E-state index contributed by atoms with van der Waals surface area (Å²) in [6.45, 7) is 1.38. The van der Waals surface area contributed by atoms with Crippen LogP contribution < -0.4 is 5.32 Å². The van der Waals surface area contributed by atoms with E-state index in [-0.39, 0.29) is 21.4 Å². The fraction of sp³-hybridized carbons (Fsp3) is 0.0476. The van der Waals surface area contributed by atoms with Crippen LogP contribution in [-0.4, -0.2) is 25.6 Å². The molecule has 7 heteroatoms. The Morgan fingerprint density at radius 3 is 2.07 bits per heavy atom. The fourth-order valence-electron chi connectivity index (χ4n) is 2.51. The third-order valence-corrected chi connectivity index (χ3v) is 5.71. The van der Waals surface area contributed by atoms with Gasteiger partial charge >= 0.3 is 0 Å². The maximum Gasteiger partial charge on any atom is 0.221 e. The Balaban J connectivity index is 1.80. The Morgan fingerprint density at radius 2 is 1.50 bits per heavy atom. The summed E-state index contributed by atoms with van der Waals surface area (Å²) in [5, 5.41) is 12.3. The molecule has 0 fully saturated rings. The van der Waals surface area contributed by atoms with Crippen LogP contribution in [0.4, 0.5) is 11.4 Å². The number of phenols is 1. The van der Waals surface area contributed by atoms with E-state index in [1.165, 1.54) is 37.4 Å². The summed E-state index contributed by atoms with van der Waals surface area (Å²) in [6.07, 6.45) is 1.51. The predicted molar refractivity (Wildman–Crippen MR) is 108 cm³/mol. The molecule has 6 nitrogen and oxygen atoms in total. The van der Waals surface area contributed by atoms with E-state index in [1.54, 1.807) is 48.5 Å². The first-order valence-corrected chi connectivity index (χ1v) is 9.89. The van der Waals surface area contributed by atoms with Crippen molar-refractivity contribution in [2.75, 3.05) is 5.32 Å². The van der Waals surface area contributed by atoms with Gasteiger partial charge in [-0.05, 0) is 60.7 Å². The van der Waals surface area contributed by atoms with Crippen molar-refractivity contribution in [1.82, 2.24) is 0 Å². The molecule has 1 amide bonds. The minimum atomic E-state index is -3.68. The van der Waals surface area contributed by atoms with Crippen molar-refractivity contribution in [2.24, 2.45) is 4.99 Å². The lowest BCUT2D eigenvalue weighted by atomic mass is 10.2. The smallest absolute Gasteiger partial charge is 0.221 e. The molecule has 3 aromatic carbocycles. The number of hydrogen-bond donors (Lipinski definition) is 2. The molecule has 0 aliphatic heterocycles. The van der Waals surface area contributed by atoms with E-state index in [2.05, 4.69) is 10.3 Å². The quantitative estimate of drug-likeness (QED) is 0.641. The van der Waals surface area contributed by atoms with E-state index in [4.69, 9.17) is 0 Å². The molecule has 0 aromatic heterocycles. The number of phenolic OH excluding ortho intramolecular Hbond substituents is 1. The summed E-state index contributed by atoms with van der Waals surface area (Å²) in [5.41, 5.74) is 1.65. The normalized spacial score (nSPS) is 11.5. The Morgan fingerprint density at radius 1 is 0.929 bits per heavy atom. The number of rotatable bonds is 5. The van der Waals surface area contributed by atoms with Gasteiger partial charge in [-0.3, -0.25) is 9.79 Å². The van der Waals surface area contributed by atoms with Crippen LogP contribution in [0.2, 0.25) is 0 Å². The number of hydrogen-bond acceptors (Lipinski definition) is 5. The SMILES string of the molecule is CC(=O)Nc1ccc(S(=O)(=O)c2ccc(N=Cc3ccccc3O)cc2)cc1. The van der Waals surface area contributed by atoms with Crippen molar-refractivity contribution in [2.45, 2.75) is 16.7 Å². The Kier molecular flexibility index (Phi) is 5.56. The Hall–Kier alpha value is -3.45. The van der Waals surface area contributed by atoms with Crippen LogP contribution in [0.5, 0.6) is 5.75 Å². The van der Waals surface area contributed by atoms with Crippen LogP contribution >= 0.6 is 0 Å². The molecule has 0 spiro atoms. The summed E-state index contributed by atoms with van der Waals surface area (Å²) >= 11 is 0. The van der Waals surface area contributed by atoms with Crippen molar-refractivity contribution < 1.29 is 18.3 Å². The van der Waals surface area contributed by atoms with Crippen LogP contribution in [0, 0.1) is 0 Å². The first-order chi connectivity index (χ1) is 13.4. The third kappa shape index (κ3) is 4.44. The van der Waals surface area contributed by atoms with Crippen LogP contribution in [0.15, 0.2) is 87.6 Å². The van der Waals surface area contributed by atoms with E-state index in [1.807, 2.05) is 0 Å². The molecule has 142 valence electrons. The number of carbonyl (C=O) groups excluding carboxylic acids is 1. The molecule has 0 radical (unpaired) electrons. The molecule has 3 rings (SSSR count). The predicted octanol–water partition coefficient (Wildman–Crippen LogP) is 3.93. The monoisotopic (exact) mass is 394 g/mol. The van der Waals surface area contributed by atoms with E-state index in [0.717, 1.165) is 0 Å². The average Bonchev–Trinajstić information content (AvgIpc) is 2.68. The maximum absolute atomic E-state index is 12.7. The van der Waals surface area contributed by atoms with Gasteiger partial charge in [0.1, 0.15) is 5.75 Å². The second-order valence-corrected chi connectivity index (χ2v) is 7.97. The molecule has 0 saturated heterocycles. The molecule has 0 aliphatic rings. The summed E-state index contributed by atoms with van der Waals surface area (Å²) in [6, 6.07) is 18.9. The number of amides is 1. The lowest BCUT2D eigenvalue weighted by molar-refractivity contribution is -0.114. The van der Waals surface area contributed by atoms with Crippen LogP contribution in [-0.2, 0) is 14.6 Å². The van der Waals surface area contributed by atoms with Gasteiger partial charge in [-0.2, -0.15) is 0 Å². The maximum atomic E-state index is 12.7. The number of nitrogens with one attached hydrogen (secondary N) is 1. The standard InChI is InChI=1S/C21H18N2O4S/c1-15(24)23-18-8-12-20(13-9-18)28(26,27)19-10-6-17(7-11-19)22-14-16-4-2-3-5-21(16)25/h2-14,25H,1H3,(H,23,24). The highest BCUT2D eigenvalue weighted by atomic mass is 32.2. The minimum absolute atomic E-state index is 0.119. The second kappa shape index (κ2) is 8.06. The zero-order chi connectivity index (χ0) is 20.1. The Bertz CT molecular complexity index is 1120. The highest BCUT2D eigenvalue weighted by molar-refractivity contribution is 7.91. The van der Waals surface area contributed by atoms with Crippen molar-refractivity contribution in [1.29, 1.82) is 0 Å². The highest BCUT2D eigenvalue weighted by Crippen LogP contribution is 2.25. The number of carbonyl (C=O) groups is 1. The van der Waals surface area contributed by atoms with E-state index >= 15 is 0 Å². The number of aliphatic imine (C=N–C) groups is 1. The average molecular weight is 394 g/mol. The lowest BCUT2D eigenvalue weighted by Crippen LogP contribution is -2.06. The second-order valence-electron chi connectivity index (χ2n) is 6.02. The van der Waals surface area contributed by atoms with Crippen LogP contribution in [0.1, 0.15) is 12.5 Å². The van der Waals surface area contributed by atoms with Crippen molar-refractivity contribution in [3.63, 3.8) is 0 Å². The van der Waals surface area contributed by atoms with Crippen molar-refractivity contribution in [3.05, 3.63) is 78.4 Å². The molecular weight excluding hydrogens is 376 g/mol. The van der Waals surface area contributed by atoms with E-state index < -0.39 is 9.84 Å². The number of para-hydroxylation sites is 1. The molecule has 0 atom stereocenters. The van der Waals surface area contributed by atoms with Gasteiger partial charge < -0.3 is 10.4 Å². The molecule has 0 saturated carbocycles. The summed E-state index contributed by atoms with van der Waals surface area (Å²) in [4.78, 5) is 15.6. The van der Waals surface area contributed by atoms with Crippen molar-refractivity contribution in [3.8, 4) is 5.75 Å². The van der Waals surface area contributed by atoms with Crippen LogP contribution in [0.3, 0.4) is 0 Å². The molecule has 0 unspecified atom stereocenters. The molecule has 0 aliphatic carbocycles. The zero-order valence-electron chi connectivity index (χ0n) is 15.0. The molecule has 3 aromatic rings. The van der Waals surface area contributed by atoms with Gasteiger partial charge in [0, 0.05) is 24.4 Å². The molecule has 28 heavy (non-hydrogen) atoms. The highest BCUT2D eigenvalue weighted by Gasteiger charge is 2.17. The minimum Gasteiger partial charge on any atom is -0.507 e. The van der Waals surface area contributed by atoms with Crippen molar-refractivity contribution >= 4 is 33.3 Å².